The lowest BCUT2D eigenvalue weighted by atomic mass is 10.0. The van der Waals surface area contributed by atoms with Gasteiger partial charge in [-0.15, -0.1) is 0 Å². The Kier molecular flexibility index (Phi) is 5.62. The zero-order valence-electron chi connectivity index (χ0n) is 14.2. The molecule has 5 heteroatoms. The molecule has 0 radical (unpaired) electrons. The van der Waals surface area contributed by atoms with Gasteiger partial charge in [0.05, 0.1) is 10.7 Å². The van der Waals surface area contributed by atoms with Gasteiger partial charge in [0, 0.05) is 17.2 Å². The van der Waals surface area contributed by atoms with Crippen LogP contribution in [0.1, 0.15) is 45.7 Å². The summed E-state index contributed by atoms with van der Waals surface area (Å²) in [6.45, 7) is 7.63. The van der Waals surface area contributed by atoms with E-state index >= 15 is 0 Å². The summed E-state index contributed by atoms with van der Waals surface area (Å²) in [7, 11) is 0. The van der Waals surface area contributed by atoms with Crippen molar-refractivity contribution in [2.75, 3.05) is 5.32 Å². The van der Waals surface area contributed by atoms with Gasteiger partial charge in [-0.05, 0) is 57.5 Å². The summed E-state index contributed by atoms with van der Waals surface area (Å²) in [4.78, 5) is 24.6. The lowest BCUT2D eigenvalue weighted by molar-refractivity contribution is 0.0941. The topological polar surface area (TPSA) is 58.2 Å². The van der Waals surface area contributed by atoms with Gasteiger partial charge in [0.15, 0.2) is 0 Å². The zero-order valence-corrected chi connectivity index (χ0v) is 15.0. The second kappa shape index (κ2) is 7.49. The number of rotatable bonds is 4. The Morgan fingerprint density at radius 2 is 1.71 bits per heavy atom. The number of hydrogen-bond acceptors (Lipinski definition) is 2. The number of anilines is 1. The van der Waals surface area contributed by atoms with Crippen LogP contribution in [0.15, 0.2) is 36.4 Å². The standard InChI is InChI=1S/C19H21ClN2O2/c1-11(2)21-18(23)14-6-8-16(20)17(10-14)22-19(24)15-7-5-12(3)9-13(15)4/h5-11H,1-4H3,(H,21,23)(H,22,24). The third-order valence-electron chi connectivity index (χ3n) is 3.52. The summed E-state index contributed by atoms with van der Waals surface area (Å²) >= 11 is 6.16. The molecule has 0 aliphatic heterocycles. The van der Waals surface area contributed by atoms with E-state index in [2.05, 4.69) is 10.6 Å². The summed E-state index contributed by atoms with van der Waals surface area (Å²) in [5, 5.41) is 5.98. The van der Waals surface area contributed by atoms with Crippen molar-refractivity contribution in [3.8, 4) is 0 Å². The summed E-state index contributed by atoms with van der Waals surface area (Å²) in [5.41, 5.74) is 3.42. The minimum Gasteiger partial charge on any atom is -0.350 e. The van der Waals surface area contributed by atoms with Crippen molar-refractivity contribution in [1.82, 2.24) is 5.32 Å². The molecule has 0 aliphatic carbocycles. The van der Waals surface area contributed by atoms with Gasteiger partial charge in [0.25, 0.3) is 11.8 Å². The number of halogens is 1. The maximum absolute atomic E-state index is 12.5. The Labute approximate surface area is 147 Å². The second-order valence-corrected chi connectivity index (χ2v) is 6.50. The van der Waals surface area contributed by atoms with Crippen molar-refractivity contribution in [1.29, 1.82) is 0 Å². The Bertz CT molecular complexity index is 785. The molecule has 0 unspecified atom stereocenters. The molecule has 2 rings (SSSR count). The van der Waals surface area contributed by atoms with Crippen molar-refractivity contribution in [2.24, 2.45) is 0 Å². The van der Waals surface area contributed by atoms with E-state index in [1.165, 1.54) is 0 Å². The minimum atomic E-state index is -0.254. The van der Waals surface area contributed by atoms with Crippen LogP contribution in [0, 0.1) is 13.8 Å². The average Bonchev–Trinajstić information content (AvgIpc) is 2.48. The van der Waals surface area contributed by atoms with Crippen LogP contribution in [-0.2, 0) is 0 Å². The van der Waals surface area contributed by atoms with Gasteiger partial charge in [-0.3, -0.25) is 9.59 Å². The van der Waals surface area contributed by atoms with Crippen molar-refractivity contribution < 1.29 is 9.59 Å². The Morgan fingerprint density at radius 3 is 2.33 bits per heavy atom. The van der Waals surface area contributed by atoms with Crippen LogP contribution in [0.5, 0.6) is 0 Å². The molecular weight excluding hydrogens is 324 g/mol. The number of hydrogen-bond donors (Lipinski definition) is 2. The molecule has 0 fully saturated rings. The highest BCUT2D eigenvalue weighted by Gasteiger charge is 2.14. The Balaban J connectivity index is 2.25. The van der Waals surface area contributed by atoms with Crippen molar-refractivity contribution in [3.63, 3.8) is 0 Å². The van der Waals surface area contributed by atoms with Crippen molar-refractivity contribution in [2.45, 2.75) is 33.7 Å². The quantitative estimate of drug-likeness (QED) is 0.866. The zero-order chi connectivity index (χ0) is 17.9. The molecule has 126 valence electrons. The van der Waals surface area contributed by atoms with E-state index in [0.29, 0.717) is 21.8 Å². The van der Waals surface area contributed by atoms with Crippen LogP contribution in [0.4, 0.5) is 5.69 Å². The molecule has 0 atom stereocenters. The van der Waals surface area contributed by atoms with Crippen LogP contribution in [0.2, 0.25) is 5.02 Å². The third kappa shape index (κ3) is 4.36. The fraction of sp³-hybridized carbons (Fsp3) is 0.263. The first-order valence-electron chi connectivity index (χ1n) is 7.77. The van der Waals surface area contributed by atoms with Gasteiger partial charge in [0.2, 0.25) is 0 Å². The predicted molar refractivity (Wildman–Crippen MR) is 97.9 cm³/mol. The maximum atomic E-state index is 12.5. The molecule has 24 heavy (non-hydrogen) atoms. The fourth-order valence-electron chi connectivity index (χ4n) is 2.37. The molecule has 2 aromatic carbocycles. The Hall–Kier alpha value is -2.33. The first kappa shape index (κ1) is 18.0. The molecule has 0 heterocycles. The molecule has 0 saturated carbocycles. The van der Waals surface area contributed by atoms with Crippen LogP contribution in [-0.4, -0.2) is 17.9 Å². The molecule has 0 spiro atoms. The SMILES string of the molecule is Cc1ccc(C(=O)Nc2cc(C(=O)NC(C)C)ccc2Cl)c(C)c1. The average molecular weight is 345 g/mol. The summed E-state index contributed by atoms with van der Waals surface area (Å²) in [6, 6.07) is 10.5. The highest BCUT2D eigenvalue weighted by atomic mass is 35.5. The number of benzene rings is 2. The molecule has 0 bridgehead atoms. The molecule has 2 N–H and O–H groups in total. The number of aryl methyl sites for hydroxylation is 2. The smallest absolute Gasteiger partial charge is 0.255 e. The predicted octanol–water partition coefficient (Wildman–Crippen LogP) is 4.35. The van der Waals surface area contributed by atoms with Gasteiger partial charge in [-0.1, -0.05) is 29.3 Å². The van der Waals surface area contributed by atoms with Crippen LogP contribution in [0.25, 0.3) is 0 Å². The number of amides is 2. The highest BCUT2D eigenvalue weighted by Crippen LogP contribution is 2.24. The van der Waals surface area contributed by atoms with Gasteiger partial charge in [-0.2, -0.15) is 0 Å². The summed E-state index contributed by atoms with van der Waals surface area (Å²) in [5.74, 6) is -0.459. The first-order chi connectivity index (χ1) is 11.3. The van der Waals surface area contributed by atoms with E-state index < -0.39 is 0 Å². The van der Waals surface area contributed by atoms with E-state index in [0.717, 1.165) is 11.1 Å². The molecule has 0 saturated heterocycles. The maximum Gasteiger partial charge on any atom is 0.255 e. The summed E-state index contributed by atoms with van der Waals surface area (Å²) in [6.07, 6.45) is 0. The van der Waals surface area contributed by atoms with Gasteiger partial charge in [-0.25, -0.2) is 0 Å². The molecule has 0 aromatic heterocycles. The van der Waals surface area contributed by atoms with Crippen LogP contribution in [0.3, 0.4) is 0 Å². The summed E-state index contributed by atoms with van der Waals surface area (Å²) < 4.78 is 0. The van der Waals surface area contributed by atoms with Crippen molar-refractivity contribution in [3.05, 3.63) is 63.7 Å². The molecule has 2 aromatic rings. The molecular formula is C19H21ClN2O2. The van der Waals surface area contributed by atoms with Crippen LogP contribution < -0.4 is 10.6 Å². The second-order valence-electron chi connectivity index (χ2n) is 6.10. The van der Waals surface area contributed by atoms with E-state index in [1.54, 1.807) is 24.3 Å². The van der Waals surface area contributed by atoms with E-state index in [-0.39, 0.29) is 17.9 Å². The number of carbonyl (C=O) groups excluding carboxylic acids is 2. The van der Waals surface area contributed by atoms with Crippen molar-refractivity contribution >= 4 is 29.1 Å². The van der Waals surface area contributed by atoms with Gasteiger partial charge >= 0.3 is 0 Å². The highest BCUT2D eigenvalue weighted by molar-refractivity contribution is 6.34. The number of carbonyl (C=O) groups is 2. The van der Waals surface area contributed by atoms with E-state index in [9.17, 15) is 9.59 Å². The lowest BCUT2D eigenvalue weighted by Crippen LogP contribution is -2.30. The largest absolute Gasteiger partial charge is 0.350 e. The van der Waals surface area contributed by atoms with Gasteiger partial charge < -0.3 is 10.6 Å². The normalized spacial score (nSPS) is 10.6. The molecule has 2 amide bonds. The Morgan fingerprint density at radius 1 is 1.00 bits per heavy atom. The monoisotopic (exact) mass is 344 g/mol. The first-order valence-corrected chi connectivity index (χ1v) is 8.14. The minimum absolute atomic E-state index is 0.0291. The number of nitrogens with one attached hydrogen (secondary N) is 2. The van der Waals surface area contributed by atoms with Crippen LogP contribution >= 0.6 is 11.6 Å². The molecule has 0 aliphatic rings. The van der Waals surface area contributed by atoms with E-state index in [1.807, 2.05) is 39.8 Å². The third-order valence-corrected chi connectivity index (χ3v) is 3.85. The molecule has 4 nitrogen and oxygen atoms in total. The van der Waals surface area contributed by atoms with E-state index in [4.69, 9.17) is 11.6 Å². The van der Waals surface area contributed by atoms with Gasteiger partial charge in [0.1, 0.15) is 0 Å². The lowest BCUT2D eigenvalue weighted by Gasteiger charge is -2.12. The fourth-order valence-corrected chi connectivity index (χ4v) is 2.53.